The van der Waals surface area contributed by atoms with Gasteiger partial charge in [0.1, 0.15) is 18.5 Å². The van der Waals surface area contributed by atoms with Crippen molar-refractivity contribution in [3.8, 4) is 0 Å². The Balaban J connectivity index is -0.0000000549. The first-order valence-corrected chi connectivity index (χ1v) is 14.6. The Morgan fingerprint density at radius 3 is 0.938 bits per heavy atom. The molecule has 0 saturated carbocycles. The molecule has 0 atom stereocenters. The highest BCUT2D eigenvalue weighted by molar-refractivity contribution is 5.13. The van der Waals surface area contributed by atoms with Crippen LogP contribution in [0.3, 0.4) is 0 Å². The second-order valence-corrected chi connectivity index (χ2v) is 10.0. The Hall–Kier alpha value is -5.10. The Kier molecular flexibility index (Phi) is 70.3. The fourth-order valence-electron chi connectivity index (χ4n) is 2.11. The van der Waals surface area contributed by atoms with E-state index in [-0.39, 0.29) is 16.2 Å². The molecule has 0 spiro atoms. The number of nitrogens with zero attached hydrogens (tertiary/aromatic N) is 6. The molecule has 3 rings (SSSR count). The molecule has 6 nitrogen and oxygen atoms in total. The summed E-state index contributed by atoms with van der Waals surface area (Å²) in [5.41, 5.74) is 2.64. The quantitative estimate of drug-likeness (QED) is 0.223. The summed E-state index contributed by atoms with van der Waals surface area (Å²) in [6.45, 7) is 73.1. The number of aromatic nitrogens is 6. The van der Waals surface area contributed by atoms with Crippen LogP contribution >= 0.6 is 0 Å². The first-order chi connectivity index (χ1) is 22.8. The van der Waals surface area contributed by atoms with Gasteiger partial charge in [-0.25, -0.2) is 29.9 Å². The van der Waals surface area contributed by atoms with Gasteiger partial charge in [-0.05, 0) is 23.1 Å². The molecule has 0 aliphatic heterocycles. The van der Waals surface area contributed by atoms with Crippen molar-refractivity contribution in [2.24, 2.45) is 0 Å². The molecule has 0 N–H and O–H groups in total. The van der Waals surface area contributed by atoms with Crippen molar-refractivity contribution in [2.75, 3.05) is 0 Å². The van der Waals surface area contributed by atoms with Crippen molar-refractivity contribution in [1.82, 2.24) is 29.9 Å². The molecule has 0 bridgehead atoms. The van der Waals surface area contributed by atoms with Crippen LogP contribution in [0.4, 0.5) is 0 Å². The number of hydrogen-bond donors (Lipinski definition) is 0. The van der Waals surface area contributed by atoms with Crippen molar-refractivity contribution in [3.05, 3.63) is 191 Å². The molecule has 3 aromatic rings. The van der Waals surface area contributed by atoms with Gasteiger partial charge in [-0.1, -0.05) is 62.3 Å². The van der Waals surface area contributed by atoms with E-state index in [1.54, 1.807) is 31.2 Å². The third-order valence-corrected chi connectivity index (χ3v) is 4.01. The second kappa shape index (κ2) is 51.5. The molecule has 0 aromatic carbocycles. The molecule has 6 heteroatoms. The molecule has 0 unspecified atom stereocenters. The highest BCUT2D eigenvalue weighted by Crippen LogP contribution is 2.19. The van der Waals surface area contributed by atoms with E-state index in [1.165, 1.54) is 5.56 Å². The van der Waals surface area contributed by atoms with Crippen LogP contribution in [0, 0.1) is 0 Å². The standard InChI is InChI=1S/3C8H12N2.9C2H4/c1-8(2,3)7-4-9-6-10-5-7;1-8(2,3)7-4-5-9-6-10-7;1-8(2,3)7-9-5-4-6-10-7;9*1-2/h3*4-6H,1-3H3;9*1-2H2. The molecule has 0 aliphatic rings. The maximum absolute atomic E-state index is 4.14. The highest BCUT2D eigenvalue weighted by atomic mass is 14.9. The maximum atomic E-state index is 4.14. The van der Waals surface area contributed by atoms with Crippen molar-refractivity contribution >= 4 is 0 Å². The topological polar surface area (TPSA) is 77.3 Å². The van der Waals surface area contributed by atoms with Crippen LogP contribution in [0.25, 0.3) is 0 Å². The number of rotatable bonds is 0. The van der Waals surface area contributed by atoms with Gasteiger partial charge in [0.15, 0.2) is 0 Å². The van der Waals surface area contributed by atoms with Crippen LogP contribution in [0.5, 0.6) is 0 Å². The minimum atomic E-state index is 0.0707. The number of hydrogen-bond acceptors (Lipinski definition) is 6. The van der Waals surface area contributed by atoms with Crippen molar-refractivity contribution in [3.63, 3.8) is 0 Å². The minimum absolute atomic E-state index is 0.0707. The Bertz CT molecular complexity index is 828. The van der Waals surface area contributed by atoms with Crippen molar-refractivity contribution in [2.45, 2.75) is 78.6 Å². The van der Waals surface area contributed by atoms with Gasteiger partial charge in [-0.15, -0.1) is 118 Å². The zero-order chi connectivity index (χ0) is 40.8. The summed E-state index contributed by atoms with van der Waals surface area (Å²) in [7, 11) is 0. The second-order valence-electron chi connectivity index (χ2n) is 10.0. The third kappa shape index (κ3) is 47.8. The predicted molar refractivity (Wildman–Crippen MR) is 223 cm³/mol. The molecule has 0 saturated heterocycles. The third-order valence-electron chi connectivity index (χ3n) is 4.01. The molecule has 3 heterocycles. The van der Waals surface area contributed by atoms with E-state index in [1.807, 2.05) is 24.5 Å². The Morgan fingerprint density at radius 2 is 0.750 bits per heavy atom. The molecular weight excluding hydrogens is 589 g/mol. The molecular formula is C42H72N6. The zero-order valence-corrected chi connectivity index (χ0v) is 32.6. The van der Waals surface area contributed by atoms with Gasteiger partial charge < -0.3 is 0 Å². The van der Waals surface area contributed by atoms with Crippen LogP contribution < -0.4 is 0 Å². The molecule has 0 aliphatic carbocycles. The van der Waals surface area contributed by atoms with Crippen LogP contribution in [0.2, 0.25) is 0 Å². The smallest absolute Gasteiger partial charge is 0.133 e. The zero-order valence-electron chi connectivity index (χ0n) is 32.6. The van der Waals surface area contributed by atoms with Crippen LogP contribution in [0.1, 0.15) is 79.4 Å². The molecule has 270 valence electrons. The monoisotopic (exact) mass is 661 g/mol. The van der Waals surface area contributed by atoms with E-state index < -0.39 is 0 Å². The fraction of sp³-hybridized carbons (Fsp3) is 0.286. The van der Waals surface area contributed by atoms with Gasteiger partial charge in [0.2, 0.25) is 0 Å². The summed E-state index contributed by atoms with van der Waals surface area (Å²) in [5.74, 6) is 0.898. The van der Waals surface area contributed by atoms with Gasteiger partial charge in [-0.3, -0.25) is 0 Å². The average Bonchev–Trinajstić information content (AvgIpc) is 3.16. The first-order valence-electron chi connectivity index (χ1n) is 14.6. The normalized spacial score (nSPS) is 7.94. The van der Waals surface area contributed by atoms with Crippen molar-refractivity contribution in [1.29, 1.82) is 0 Å². The highest BCUT2D eigenvalue weighted by Gasteiger charge is 2.15. The lowest BCUT2D eigenvalue weighted by molar-refractivity contribution is 0.545. The summed E-state index contributed by atoms with van der Waals surface area (Å²) >= 11 is 0. The Morgan fingerprint density at radius 1 is 0.396 bits per heavy atom. The molecule has 0 radical (unpaired) electrons. The van der Waals surface area contributed by atoms with E-state index in [9.17, 15) is 0 Å². The van der Waals surface area contributed by atoms with E-state index in [0.717, 1.165) is 11.5 Å². The van der Waals surface area contributed by atoms with Crippen molar-refractivity contribution < 1.29 is 0 Å². The first kappa shape index (κ1) is 65.5. The SMILES string of the molecule is C=C.C=C.C=C.C=C.C=C.C=C.C=C.C=C.C=C.CC(C)(C)c1ccncn1.CC(C)(C)c1cncnc1.CC(C)(C)c1ncccn1. The fourth-order valence-corrected chi connectivity index (χ4v) is 2.11. The average molecular weight is 661 g/mol. The summed E-state index contributed by atoms with van der Waals surface area (Å²) in [6, 6.07) is 3.77. The van der Waals surface area contributed by atoms with E-state index >= 15 is 0 Å². The maximum Gasteiger partial charge on any atom is 0.133 e. The van der Waals surface area contributed by atoms with Gasteiger partial charge in [0.25, 0.3) is 0 Å². The van der Waals surface area contributed by atoms with Gasteiger partial charge in [0.05, 0.1) is 0 Å². The molecule has 48 heavy (non-hydrogen) atoms. The minimum Gasteiger partial charge on any atom is -0.245 e. The van der Waals surface area contributed by atoms with Gasteiger partial charge in [0, 0.05) is 47.5 Å². The van der Waals surface area contributed by atoms with E-state index in [0.29, 0.717) is 0 Å². The predicted octanol–water partition coefficient (Wildman–Crippen LogP) is 12.5. The molecule has 3 aromatic heterocycles. The Labute approximate surface area is 299 Å². The van der Waals surface area contributed by atoms with Crippen LogP contribution in [-0.4, -0.2) is 29.9 Å². The summed E-state index contributed by atoms with van der Waals surface area (Å²) < 4.78 is 0. The molecule has 0 amide bonds. The lowest BCUT2D eigenvalue weighted by Gasteiger charge is -2.16. The van der Waals surface area contributed by atoms with E-state index in [4.69, 9.17) is 0 Å². The van der Waals surface area contributed by atoms with Crippen LogP contribution in [-0.2, 0) is 16.2 Å². The van der Waals surface area contributed by atoms with Gasteiger partial charge >= 0.3 is 0 Å². The molecule has 0 fully saturated rings. The van der Waals surface area contributed by atoms with Crippen LogP contribution in [0.15, 0.2) is 174 Å². The lowest BCUT2D eigenvalue weighted by atomic mass is 9.89. The van der Waals surface area contributed by atoms with Gasteiger partial charge in [-0.2, -0.15) is 0 Å². The summed E-state index contributed by atoms with van der Waals surface area (Å²) in [6.07, 6.45) is 12.2. The summed E-state index contributed by atoms with van der Waals surface area (Å²) in [5, 5.41) is 0. The summed E-state index contributed by atoms with van der Waals surface area (Å²) in [4.78, 5) is 24.1. The largest absolute Gasteiger partial charge is 0.245 e. The lowest BCUT2D eigenvalue weighted by Crippen LogP contribution is -2.14. The van der Waals surface area contributed by atoms with E-state index in [2.05, 4.69) is 211 Å².